The summed E-state index contributed by atoms with van der Waals surface area (Å²) in [7, 11) is 0. The highest BCUT2D eigenvalue weighted by molar-refractivity contribution is 9.10. The normalized spacial score (nSPS) is 10.5. The van der Waals surface area contributed by atoms with E-state index in [1.54, 1.807) is 13.2 Å². The van der Waals surface area contributed by atoms with Gasteiger partial charge in [0, 0.05) is 16.6 Å². The van der Waals surface area contributed by atoms with E-state index in [4.69, 9.17) is 4.42 Å². The van der Waals surface area contributed by atoms with Crippen LogP contribution in [0.5, 0.6) is 0 Å². The smallest absolute Gasteiger partial charge is 0.159 e. The number of nitrogens with zero attached hydrogens (tertiary/aromatic N) is 1. The van der Waals surface area contributed by atoms with Gasteiger partial charge in [-0.1, -0.05) is 0 Å². The fraction of sp³-hybridized carbons (Fsp3) is 0.267. The van der Waals surface area contributed by atoms with Gasteiger partial charge in [0.25, 0.3) is 0 Å². The zero-order valence-corrected chi connectivity index (χ0v) is 12.6. The number of rotatable bonds is 5. The molecule has 0 atom stereocenters. The number of halogens is 1. The van der Waals surface area contributed by atoms with Gasteiger partial charge in [0.2, 0.25) is 0 Å². The first-order valence-electron chi connectivity index (χ1n) is 6.19. The molecule has 0 unspecified atom stereocenters. The van der Waals surface area contributed by atoms with Crippen molar-refractivity contribution in [3.05, 3.63) is 52.4 Å². The number of benzene rings is 1. The Morgan fingerprint density at radius 2 is 2.16 bits per heavy atom. The molecular weight excluding hydrogens is 306 g/mol. The zero-order chi connectivity index (χ0) is 13.8. The van der Waals surface area contributed by atoms with E-state index in [1.165, 1.54) is 0 Å². The largest absolute Gasteiger partial charge is 0.467 e. The van der Waals surface area contributed by atoms with Crippen LogP contribution in [0.25, 0.3) is 0 Å². The summed E-state index contributed by atoms with van der Waals surface area (Å²) in [6, 6.07) is 9.53. The molecule has 19 heavy (non-hydrogen) atoms. The van der Waals surface area contributed by atoms with Crippen LogP contribution in [0, 0.1) is 0 Å². The summed E-state index contributed by atoms with van der Waals surface area (Å²) in [5.41, 5.74) is 1.77. The van der Waals surface area contributed by atoms with Gasteiger partial charge in [0.15, 0.2) is 5.78 Å². The van der Waals surface area contributed by atoms with E-state index in [1.807, 2.05) is 30.3 Å². The lowest BCUT2D eigenvalue weighted by Crippen LogP contribution is -2.22. The lowest BCUT2D eigenvalue weighted by molar-refractivity contribution is 0.101. The quantitative estimate of drug-likeness (QED) is 0.771. The Balaban J connectivity index is 2.25. The second-order valence-electron chi connectivity index (χ2n) is 4.32. The summed E-state index contributed by atoms with van der Waals surface area (Å²) < 4.78 is 6.30. The summed E-state index contributed by atoms with van der Waals surface area (Å²) in [6.45, 7) is 5.23. The summed E-state index contributed by atoms with van der Waals surface area (Å²) in [5, 5.41) is 0. The third-order valence-electron chi connectivity index (χ3n) is 3.00. The van der Waals surface area contributed by atoms with Gasteiger partial charge < -0.3 is 9.32 Å². The van der Waals surface area contributed by atoms with Crippen molar-refractivity contribution in [1.29, 1.82) is 0 Å². The molecule has 1 heterocycles. The van der Waals surface area contributed by atoms with Crippen LogP contribution < -0.4 is 4.90 Å². The maximum atomic E-state index is 11.4. The third-order valence-corrected chi connectivity index (χ3v) is 3.64. The third kappa shape index (κ3) is 3.26. The minimum Gasteiger partial charge on any atom is -0.467 e. The van der Waals surface area contributed by atoms with E-state index >= 15 is 0 Å². The Hall–Kier alpha value is -1.55. The van der Waals surface area contributed by atoms with E-state index in [2.05, 4.69) is 27.8 Å². The first-order valence-corrected chi connectivity index (χ1v) is 6.99. The minimum atomic E-state index is 0.0707. The van der Waals surface area contributed by atoms with Crippen molar-refractivity contribution in [2.24, 2.45) is 0 Å². The molecule has 0 N–H and O–H groups in total. The number of Topliss-reactive ketones (excluding diaryl/α,β-unsaturated/α-hetero) is 1. The summed E-state index contributed by atoms with van der Waals surface area (Å²) in [4.78, 5) is 13.5. The van der Waals surface area contributed by atoms with E-state index in [0.29, 0.717) is 12.1 Å². The van der Waals surface area contributed by atoms with Crippen LogP contribution >= 0.6 is 15.9 Å². The molecule has 3 nitrogen and oxygen atoms in total. The maximum Gasteiger partial charge on any atom is 0.159 e. The number of hydrogen-bond donors (Lipinski definition) is 0. The van der Waals surface area contributed by atoms with Crippen molar-refractivity contribution in [1.82, 2.24) is 0 Å². The van der Waals surface area contributed by atoms with Gasteiger partial charge in [-0.05, 0) is 60.1 Å². The standard InChI is InChI=1S/C15H16BrNO2/c1-3-17(10-13-5-4-8-19-13)15-7-6-12(11(2)18)9-14(15)16/h4-9H,3,10H2,1-2H3. The molecule has 0 saturated heterocycles. The average molecular weight is 322 g/mol. The van der Waals surface area contributed by atoms with Gasteiger partial charge in [-0.15, -0.1) is 0 Å². The van der Waals surface area contributed by atoms with Gasteiger partial charge in [-0.25, -0.2) is 0 Å². The van der Waals surface area contributed by atoms with Crippen LogP contribution in [0.15, 0.2) is 45.5 Å². The fourth-order valence-corrected chi connectivity index (χ4v) is 2.57. The molecule has 0 amide bonds. The Kier molecular flexibility index (Phi) is 4.43. The highest BCUT2D eigenvalue weighted by Gasteiger charge is 2.12. The number of carbonyl (C=O) groups is 1. The lowest BCUT2D eigenvalue weighted by Gasteiger charge is -2.23. The molecule has 2 aromatic rings. The SMILES string of the molecule is CCN(Cc1ccco1)c1ccc(C(C)=O)cc1Br. The fourth-order valence-electron chi connectivity index (χ4n) is 1.94. The van der Waals surface area contributed by atoms with Crippen molar-refractivity contribution < 1.29 is 9.21 Å². The number of anilines is 1. The molecule has 0 saturated carbocycles. The van der Waals surface area contributed by atoms with E-state index < -0.39 is 0 Å². The molecule has 0 aliphatic carbocycles. The summed E-state index contributed by atoms with van der Waals surface area (Å²) in [6.07, 6.45) is 1.68. The molecule has 0 spiro atoms. The summed E-state index contributed by atoms with van der Waals surface area (Å²) in [5.74, 6) is 0.991. The Morgan fingerprint density at radius 1 is 1.37 bits per heavy atom. The average Bonchev–Trinajstić information content (AvgIpc) is 2.89. The Labute approximate surface area is 121 Å². The Bertz CT molecular complexity index is 564. The molecule has 0 radical (unpaired) electrons. The molecule has 2 rings (SSSR count). The predicted molar refractivity (Wildman–Crippen MR) is 79.6 cm³/mol. The molecule has 100 valence electrons. The van der Waals surface area contributed by atoms with E-state index in [-0.39, 0.29) is 5.78 Å². The van der Waals surface area contributed by atoms with Gasteiger partial charge >= 0.3 is 0 Å². The topological polar surface area (TPSA) is 33.5 Å². The minimum absolute atomic E-state index is 0.0707. The maximum absolute atomic E-state index is 11.4. The second-order valence-corrected chi connectivity index (χ2v) is 5.17. The molecule has 0 fully saturated rings. The molecular formula is C15H16BrNO2. The van der Waals surface area contributed by atoms with Crippen LogP contribution in [0.4, 0.5) is 5.69 Å². The van der Waals surface area contributed by atoms with Crippen molar-refractivity contribution >= 4 is 27.4 Å². The second kappa shape index (κ2) is 6.06. The highest BCUT2D eigenvalue weighted by atomic mass is 79.9. The van der Waals surface area contributed by atoms with Crippen LogP contribution in [0.3, 0.4) is 0 Å². The van der Waals surface area contributed by atoms with Gasteiger partial charge in [0.05, 0.1) is 18.5 Å². The van der Waals surface area contributed by atoms with Crippen LogP contribution in [-0.4, -0.2) is 12.3 Å². The van der Waals surface area contributed by atoms with E-state index in [0.717, 1.165) is 22.5 Å². The number of carbonyl (C=O) groups excluding carboxylic acids is 1. The lowest BCUT2D eigenvalue weighted by atomic mass is 10.1. The molecule has 0 bridgehead atoms. The van der Waals surface area contributed by atoms with E-state index in [9.17, 15) is 4.79 Å². The van der Waals surface area contributed by atoms with Crippen molar-refractivity contribution in [2.45, 2.75) is 20.4 Å². The van der Waals surface area contributed by atoms with Crippen LogP contribution in [-0.2, 0) is 6.54 Å². The molecule has 1 aromatic carbocycles. The predicted octanol–water partition coefficient (Wildman–Crippen LogP) is 4.27. The van der Waals surface area contributed by atoms with Crippen molar-refractivity contribution in [3.8, 4) is 0 Å². The number of hydrogen-bond acceptors (Lipinski definition) is 3. The van der Waals surface area contributed by atoms with Crippen LogP contribution in [0.2, 0.25) is 0 Å². The van der Waals surface area contributed by atoms with Crippen LogP contribution in [0.1, 0.15) is 30.0 Å². The highest BCUT2D eigenvalue weighted by Crippen LogP contribution is 2.28. The molecule has 0 aliphatic rings. The van der Waals surface area contributed by atoms with Crippen molar-refractivity contribution in [3.63, 3.8) is 0 Å². The Morgan fingerprint density at radius 3 is 2.68 bits per heavy atom. The zero-order valence-electron chi connectivity index (χ0n) is 11.0. The molecule has 0 aliphatic heterocycles. The monoisotopic (exact) mass is 321 g/mol. The number of ketones is 1. The van der Waals surface area contributed by atoms with Gasteiger partial charge in [-0.2, -0.15) is 0 Å². The molecule has 4 heteroatoms. The molecule has 1 aromatic heterocycles. The number of furan rings is 1. The first-order chi connectivity index (χ1) is 9.11. The summed E-state index contributed by atoms with van der Waals surface area (Å²) >= 11 is 3.54. The van der Waals surface area contributed by atoms with Gasteiger partial charge in [-0.3, -0.25) is 4.79 Å². The van der Waals surface area contributed by atoms with Gasteiger partial charge in [0.1, 0.15) is 5.76 Å². The van der Waals surface area contributed by atoms with Crippen molar-refractivity contribution in [2.75, 3.05) is 11.4 Å². The first kappa shape index (κ1) is 13.9.